The van der Waals surface area contributed by atoms with Crippen LogP contribution in [-0.2, 0) is 9.59 Å². The van der Waals surface area contributed by atoms with Crippen LogP contribution in [0.1, 0.15) is 25.7 Å². The third kappa shape index (κ3) is 5.10. The number of piperidine rings is 1. The van der Waals surface area contributed by atoms with E-state index in [1.54, 1.807) is 0 Å². The molecule has 2 aliphatic heterocycles. The topological polar surface area (TPSA) is 43.9 Å². The first-order valence-electron chi connectivity index (χ1n) is 7.25. The Morgan fingerprint density at radius 2 is 1.45 bits per heavy atom. The lowest BCUT2D eigenvalue weighted by Gasteiger charge is -2.35. The van der Waals surface area contributed by atoms with Crippen molar-refractivity contribution in [3.8, 4) is 0 Å². The van der Waals surface area contributed by atoms with Gasteiger partial charge < -0.3 is 4.90 Å². The average molecular weight is 344 g/mol. The molecule has 0 aromatic heterocycles. The summed E-state index contributed by atoms with van der Waals surface area (Å²) in [5.74, 6) is -0.263. The zero-order valence-corrected chi connectivity index (χ0v) is 13.1. The highest BCUT2D eigenvalue weighted by Crippen LogP contribution is 2.22. The van der Waals surface area contributed by atoms with Crippen LogP contribution in [-0.4, -0.2) is 72.1 Å². The Bertz CT molecular complexity index is 382. The van der Waals surface area contributed by atoms with Gasteiger partial charge in [0, 0.05) is 45.6 Å². The summed E-state index contributed by atoms with van der Waals surface area (Å²) in [6, 6.07) is 0. The van der Waals surface area contributed by atoms with E-state index in [4.69, 9.17) is 0 Å². The molecule has 0 saturated carbocycles. The summed E-state index contributed by atoms with van der Waals surface area (Å²) in [6.07, 6.45) is -2.19. The molecule has 2 aliphatic rings. The van der Waals surface area contributed by atoms with Crippen molar-refractivity contribution in [1.29, 1.82) is 0 Å². The number of carbonyl (C=O) groups is 2. The lowest BCUT2D eigenvalue weighted by molar-refractivity contribution is -0.252. The van der Waals surface area contributed by atoms with Gasteiger partial charge in [0.05, 0.1) is 0 Å². The van der Waals surface area contributed by atoms with E-state index in [1.165, 1.54) is 4.90 Å². The Morgan fingerprint density at radius 1 is 0.909 bits per heavy atom. The number of rotatable bonds is 4. The van der Waals surface area contributed by atoms with Crippen molar-refractivity contribution in [2.45, 2.75) is 32.0 Å². The molecule has 2 heterocycles. The molecule has 2 fully saturated rings. The third-order valence-corrected chi connectivity index (χ3v) is 3.97. The second-order valence-corrected chi connectivity index (χ2v) is 5.44. The number of piperazine rings is 1. The van der Waals surface area contributed by atoms with Gasteiger partial charge in [-0.05, 0) is 19.4 Å². The summed E-state index contributed by atoms with van der Waals surface area (Å²) in [4.78, 5) is 26.9. The van der Waals surface area contributed by atoms with Crippen molar-refractivity contribution in [2.24, 2.45) is 0 Å². The molecule has 5 nitrogen and oxygen atoms in total. The number of hydrogen-bond donors (Lipinski definition) is 0. The maximum Gasteiger partial charge on any atom is 0.460 e. The summed E-state index contributed by atoms with van der Waals surface area (Å²) < 4.78 is 37.4. The van der Waals surface area contributed by atoms with Gasteiger partial charge in [0.1, 0.15) is 0 Å². The number of halogens is 4. The van der Waals surface area contributed by atoms with Gasteiger partial charge >= 0.3 is 6.30 Å². The predicted octanol–water partition coefficient (Wildman–Crippen LogP) is 1.47. The molecule has 0 spiro atoms. The maximum atomic E-state index is 12.5. The SMILES string of the molecule is Cl.O=C1CCCC(=O)N1CCCN1CCN(C(F)(F)F)CC1. The van der Waals surface area contributed by atoms with Crippen molar-refractivity contribution in [3.05, 3.63) is 0 Å². The van der Waals surface area contributed by atoms with Crippen molar-refractivity contribution in [2.75, 3.05) is 39.3 Å². The summed E-state index contributed by atoms with van der Waals surface area (Å²) in [5.41, 5.74) is 0. The molecule has 0 atom stereocenters. The number of alkyl halides is 3. The smallest absolute Gasteiger partial charge is 0.301 e. The van der Waals surface area contributed by atoms with Crippen LogP contribution in [0, 0.1) is 0 Å². The highest BCUT2D eigenvalue weighted by molar-refractivity contribution is 5.97. The van der Waals surface area contributed by atoms with E-state index in [1.807, 2.05) is 4.90 Å². The molecule has 2 amide bonds. The number of hydrogen-bond acceptors (Lipinski definition) is 4. The van der Waals surface area contributed by atoms with Crippen molar-refractivity contribution >= 4 is 24.2 Å². The van der Waals surface area contributed by atoms with Gasteiger partial charge in [-0.1, -0.05) is 0 Å². The second kappa shape index (κ2) is 8.12. The first kappa shape index (κ1) is 19.2. The molecule has 0 N–H and O–H groups in total. The largest absolute Gasteiger partial charge is 0.460 e. The van der Waals surface area contributed by atoms with E-state index in [-0.39, 0.29) is 37.3 Å². The lowest BCUT2D eigenvalue weighted by atomic mass is 10.1. The number of carbonyl (C=O) groups excluding carboxylic acids is 2. The minimum absolute atomic E-state index is 0. The van der Waals surface area contributed by atoms with Gasteiger partial charge in [0.15, 0.2) is 0 Å². The van der Waals surface area contributed by atoms with Crippen LogP contribution in [0.4, 0.5) is 13.2 Å². The highest BCUT2D eigenvalue weighted by Gasteiger charge is 2.38. The molecule has 0 aliphatic carbocycles. The maximum absolute atomic E-state index is 12.5. The van der Waals surface area contributed by atoms with Crippen LogP contribution in [0.3, 0.4) is 0 Å². The van der Waals surface area contributed by atoms with Crippen LogP contribution in [0.2, 0.25) is 0 Å². The fraction of sp³-hybridized carbons (Fsp3) is 0.846. The van der Waals surface area contributed by atoms with Gasteiger partial charge in [0.2, 0.25) is 11.8 Å². The van der Waals surface area contributed by atoms with Crippen LogP contribution in [0.15, 0.2) is 0 Å². The molecule has 2 rings (SSSR count). The second-order valence-electron chi connectivity index (χ2n) is 5.44. The Kier molecular flexibility index (Phi) is 7.08. The molecule has 0 unspecified atom stereocenters. The Balaban J connectivity index is 0.00000242. The number of amides is 2. The zero-order valence-electron chi connectivity index (χ0n) is 12.3. The molecule has 2 saturated heterocycles. The van der Waals surface area contributed by atoms with E-state index in [9.17, 15) is 22.8 Å². The van der Waals surface area contributed by atoms with Gasteiger partial charge in [-0.2, -0.15) is 13.2 Å². The Hall–Kier alpha value is -0.860. The summed E-state index contributed by atoms with van der Waals surface area (Å²) in [7, 11) is 0. The minimum Gasteiger partial charge on any atom is -0.301 e. The van der Waals surface area contributed by atoms with E-state index < -0.39 is 6.30 Å². The van der Waals surface area contributed by atoms with E-state index >= 15 is 0 Å². The van der Waals surface area contributed by atoms with Gasteiger partial charge in [-0.15, -0.1) is 12.4 Å². The number of likely N-dealkylation sites (tertiary alicyclic amines) is 1. The van der Waals surface area contributed by atoms with E-state index in [0.717, 1.165) is 0 Å². The standard InChI is InChI=1S/C13H20F3N3O2.ClH/c14-13(15,16)18-9-7-17(8-10-18)5-2-6-19-11(20)3-1-4-12(19)21;/h1-10H2;1H. The molecule has 128 valence electrons. The number of nitrogens with zero attached hydrogens (tertiary/aromatic N) is 3. The van der Waals surface area contributed by atoms with Gasteiger partial charge in [-0.3, -0.25) is 14.5 Å². The monoisotopic (exact) mass is 343 g/mol. The summed E-state index contributed by atoms with van der Waals surface area (Å²) in [5, 5.41) is 0. The molecule has 0 radical (unpaired) electrons. The van der Waals surface area contributed by atoms with E-state index in [0.29, 0.717) is 56.8 Å². The first-order chi connectivity index (χ1) is 9.88. The van der Waals surface area contributed by atoms with Crippen LogP contribution < -0.4 is 0 Å². The van der Waals surface area contributed by atoms with Crippen molar-refractivity contribution in [3.63, 3.8) is 0 Å². The lowest BCUT2D eigenvalue weighted by Crippen LogP contribution is -2.52. The molecular formula is C13H21ClF3N3O2. The fourth-order valence-electron chi connectivity index (χ4n) is 2.73. The third-order valence-electron chi connectivity index (χ3n) is 3.97. The predicted molar refractivity (Wildman–Crippen MR) is 76.5 cm³/mol. The van der Waals surface area contributed by atoms with Crippen molar-refractivity contribution < 1.29 is 22.8 Å². The van der Waals surface area contributed by atoms with E-state index in [2.05, 4.69) is 0 Å². The fourth-order valence-corrected chi connectivity index (χ4v) is 2.73. The molecular weight excluding hydrogens is 323 g/mol. The molecule has 0 aromatic carbocycles. The average Bonchev–Trinajstić information content (AvgIpc) is 2.42. The van der Waals surface area contributed by atoms with Crippen LogP contribution in [0.25, 0.3) is 0 Å². The quantitative estimate of drug-likeness (QED) is 0.573. The highest BCUT2D eigenvalue weighted by atomic mass is 35.5. The minimum atomic E-state index is -4.25. The molecule has 0 aromatic rings. The van der Waals surface area contributed by atoms with Gasteiger partial charge in [-0.25, -0.2) is 4.90 Å². The molecule has 9 heteroatoms. The first-order valence-corrected chi connectivity index (χ1v) is 7.25. The summed E-state index contributed by atoms with van der Waals surface area (Å²) >= 11 is 0. The van der Waals surface area contributed by atoms with Crippen LogP contribution in [0.5, 0.6) is 0 Å². The molecule has 0 bridgehead atoms. The Morgan fingerprint density at radius 3 is 1.95 bits per heavy atom. The summed E-state index contributed by atoms with van der Waals surface area (Å²) in [6.45, 7) is 1.67. The number of imide groups is 1. The van der Waals surface area contributed by atoms with Gasteiger partial charge in [0.25, 0.3) is 0 Å². The van der Waals surface area contributed by atoms with Crippen molar-refractivity contribution in [1.82, 2.24) is 14.7 Å². The molecule has 22 heavy (non-hydrogen) atoms. The Labute approximate surface area is 133 Å². The zero-order chi connectivity index (χ0) is 15.5. The van der Waals surface area contributed by atoms with Crippen LogP contribution >= 0.6 is 12.4 Å². The normalized spacial score (nSPS) is 21.9.